The second-order valence-electron chi connectivity index (χ2n) is 6.89. The smallest absolute Gasteiger partial charge is 0.225 e. The first-order valence-corrected chi connectivity index (χ1v) is 8.12. The van der Waals surface area contributed by atoms with E-state index < -0.39 is 0 Å². The molecule has 19 heavy (non-hydrogen) atoms. The van der Waals surface area contributed by atoms with Gasteiger partial charge in [-0.3, -0.25) is 9.69 Å². The van der Waals surface area contributed by atoms with Crippen LogP contribution in [0.25, 0.3) is 0 Å². The molecule has 4 aliphatic rings. The van der Waals surface area contributed by atoms with Crippen molar-refractivity contribution >= 4 is 5.91 Å². The Kier molecular flexibility index (Phi) is 3.03. The third kappa shape index (κ3) is 2.09. The summed E-state index contributed by atoms with van der Waals surface area (Å²) >= 11 is 0. The van der Waals surface area contributed by atoms with Crippen molar-refractivity contribution in [2.24, 2.45) is 5.92 Å². The highest BCUT2D eigenvalue weighted by atomic mass is 16.2. The lowest BCUT2D eigenvalue weighted by molar-refractivity contribution is -0.126. The third-order valence-corrected chi connectivity index (χ3v) is 5.82. The van der Waals surface area contributed by atoms with Crippen LogP contribution in [-0.2, 0) is 4.79 Å². The number of carbonyl (C=O) groups excluding carboxylic acids is 1. The minimum absolute atomic E-state index is 0.247. The maximum absolute atomic E-state index is 12.5. The molecule has 0 radical (unpaired) electrons. The number of amides is 1. The van der Waals surface area contributed by atoms with E-state index in [9.17, 15) is 4.79 Å². The molecule has 4 heteroatoms. The second kappa shape index (κ2) is 4.74. The predicted octanol–water partition coefficient (Wildman–Crippen LogP) is 0.870. The third-order valence-electron chi connectivity index (χ3n) is 5.82. The van der Waals surface area contributed by atoms with Gasteiger partial charge >= 0.3 is 0 Å². The van der Waals surface area contributed by atoms with Gasteiger partial charge in [0.25, 0.3) is 0 Å². The summed E-state index contributed by atoms with van der Waals surface area (Å²) in [4.78, 5) is 15.1. The van der Waals surface area contributed by atoms with Crippen molar-refractivity contribution in [2.75, 3.05) is 13.1 Å². The summed E-state index contributed by atoms with van der Waals surface area (Å²) in [6.07, 6.45) is 8.65. The van der Waals surface area contributed by atoms with Crippen LogP contribution in [0.15, 0.2) is 0 Å². The summed E-state index contributed by atoms with van der Waals surface area (Å²) in [5.41, 5.74) is 0. The van der Waals surface area contributed by atoms with Crippen molar-refractivity contribution in [3.8, 4) is 0 Å². The summed E-state index contributed by atoms with van der Waals surface area (Å²) in [6.45, 7) is 2.43. The van der Waals surface area contributed by atoms with Gasteiger partial charge in [0.05, 0.1) is 5.92 Å². The van der Waals surface area contributed by atoms with Crippen molar-refractivity contribution in [1.29, 1.82) is 0 Å². The zero-order chi connectivity index (χ0) is 12.8. The quantitative estimate of drug-likeness (QED) is 0.777. The van der Waals surface area contributed by atoms with E-state index >= 15 is 0 Å². The van der Waals surface area contributed by atoms with E-state index in [1.165, 1.54) is 45.2 Å². The molecule has 4 aliphatic heterocycles. The van der Waals surface area contributed by atoms with Crippen LogP contribution in [0.2, 0.25) is 0 Å². The van der Waals surface area contributed by atoms with E-state index in [-0.39, 0.29) is 5.92 Å². The van der Waals surface area contributed by atoms with E-state index in [2.05, 4.69) is 15.5 Å². The molecule has 5 unspecified atom stereocenters. The molecule has 2 N–H and O–H groups in total. The molecule has 0 spiro atoms. The first-order chi connectivity index (χ1) is 9.31. The first-order valence-electron chi connectivity index (χ1n) is 8.12. The summed E-state index contributed by atoms with van der Waals surface area (Å²) in [7, 11) is 0. The van der Waals surface area contributed by atoms with Crippen LogP contribution in [-0.4, -0.2) is 48.1 Å². The number of rotatable bonds is 2. The number of piperidine rings is 1. The standard InChI is InChI=1S/C15H25N3O/c19-15(11-9-10-4-5-12(11)16-10)17-13-6-8-18-7-2-1-3-14(13)18/h10-14,16H,1-9H2,(H,17,19). The van der Waals surface area contributed by atoms with Crippen LogP contribution in [0.5, 0.6) is 0 Å². The average Bonchev–Trinajstić information content (AvgIpc) is 3.14. The lowest BCUT2D eigenvalue weighted by Crippen LogP contribution is -2.49. The zero-order valence-corrected chi connectivity index (χ0v) is 11.6. The average molecular weight is 263 g/mol. The largest absolute Gasteiger partial charge is 0.351 e. The van der Waals surface area contributed by atoms with Crippen LogP contribution >= 0.6 is 0 Å². The minimum atomic E-state index is 0.247. The normalized spacial score (nSPS) is 45.4. The predicted molar refractivity (Wildman–Crippen MR) is 73.8 cm³/mol. The van der Waals surface area contributed by atoms with Gasteiger partial charge in [-0.1, -0.05) is 6.42 Å². The van der Waals surface area contributed by atoms with Gasteiger partial charge in [0.1, 0.15) is 0 Å². The van der Waals surface area contributed by atoms with Gasteiger partial charge < -0.3 is 10.6 Å². The van der Waals surface area contributed by atoms with Crippen LogP contribution < -0.4 is 10.6 Å². The fraction of sp³-hybridized carbons (Fsp3) is 0.933. The molecule has 5 atom stereocenters. The number of hydrogen-bond donors (Lipinski definition) is 2. The molecule has 0 aromatic rings. The highest BCUT2D eigenvalue weighted by molar-refractivity contribution is 5.80. The van der Waals surface area contributed by atoms with E-state index in [1.807, 2.05) is 0 Å². The molecular weight excluding hydrogens is 238 g/mol. The lowest BCUT2D eigenvalue weighted by Gasteiger charge is -2.33. The zero-order valence-electron chi connectivity index (χ0n) is 11.6. The minimum Gasteiger partial charge on any atom is -0.351 e. The molecule has 106 valence electrons. The molecule has 2 bridgehead atoms. The van der Waals surface area contributed by atoms with Gasteiger partial charge in [-0.05, 0) is 45.1 Å². The van der Waals surface area contributed by atoms with Gasteiger partial charge in [-0.25, -0.2) is 0 Å². The Hall–Kier alpha value is -0.610. The van der Waals surface area contributed by atoms with Gasteiger partial charge in [0.15, 0.2) is 0 Å². The van der Waals surface area contributed by atoms with E-state index in [4.69, 9.17) is 0 Å². The number of nitrogens with one attached hydrogen (secondary N) is 2. The van der Waals surface area contributed by atoms with E-state index in [1.54, 1.807) is 0 Å². The van der Waals surface area contributed by atoms with E-state index in [0.717, 1.165) is 12.8 Å². The number of nitrogens with zero attached hydrogens (tertiary/aromatic N) is 1. The fourth-order valence-corrected chi connectivity index (χ4v) is 4.82. The van der Waals surface area contributed by atoms with Crippen molar-refractivity contribution in [3.05, 3.63) is 0 Å². The Morgan fingerprint density at radius 1 is 1.11 bits per heavy atom. The highest BCUT2D eigenvalue weighted by Crippen LogP contribution is 2.34. The molecule has 0 aliphatic carbocycles. The summed E-state index contributed by atoms with van der Waals surface area (Å²) in [5, 5.41) is 6.95. The number of fused-ring (bicyclic) bond motifs is 3. The molecule has 1 amide bonds. The maximum Gasteiger partial charge on any atom is 0.225 e. The second-order valence-corrected chi connectivity index (χ2v) is 6.89. The Morgan fingerprint density at radius 3 is 2.84 bits per heavy atom. The number of hydrogen-bond acceptors (Lipinski definition) is 3. The van der Waals surface area contributed by atoms with Crippen LogP contribution in [0.4, 0.5) is 0 Å². The molecule has 0 aromatic carbocycles. The summed E-state index contributed by atoms with van der Waals surface area (Å²) in [5.74, 6) is 0.577. The topological polar surface area (TPSA) is 44.4 Å². The monoisotopic (exact) mass is 263 g/mol. The van der Waals surface area contributed by atoms with Crippen LogP contribution in [0, 0.1) is 5.92 Å². The Morgan fingerprint density at radius 2 is 2.05 bits per heavy atom. The maximum atomic E-state index is 12.5. The van der Waals surface area contributed by atoms with Gasteiger partial charge in [0.2, 0.25) is 5.91 Å². The molecule has 4 saturated heterocycles. The van der Waals surface area contributed by atoms with Crippen molar-refractivity contribution in [3.63, 3.8) is 0 Å². The molecule has 4 rings (SSSR count). The van der Waals surface area contributed by atoms with Gasteiger partial charge in [0, 0.05) is 30.7 Å². The Balaban J connectivity index is 1.37. The molecule has 4 nitrogen and oxygen atoms in total. The summed E-state index contributed by atoms with van der Waals surface area (Å²) in [6, 6.07) is 2.14. The SMILES string of the molecule is O=C(NC1CCN2CCCCC12)C1CC2CCC1N2. The number of carbonyl (C=O) groups is 1. The molecule has 0 aromatic heterocycles. The molecule has 4 heterocycles. The van der Waals surface area contributed by atoms with Crippen molar-refractivity contribution in [1.82, 2.24) is 15.5 Å². The fourth-order valence-electron chi connectivity index (χ4n) is 4.82. The molecule has 4 fully saturated rings. The van der Waals surface area contributed by atoms with Gasteiger partial charge in [-0.2, -0.15) is 0 Å². The van der Waals surface area contributed by atoms with E-state index in [0.29, 0.717) is 30.1 Å². The first kappa shape index (κ1) is 12.2. The van der Waals surface area contributed by atoms with Crippen molar-refractivity contribution < 1.29 is 4.79 Å². The van der Waals surface area contributed by atoms with Crippen LogP contribution in [0.3, 0.4) is 0 Å². The van der Waals surface area contributed by atoms with Gasteiger partial charge in [-0.15, -0.1) is 0 Å². The van der Waals surface area contributed by atoms with Crippen LogP contribution in [0.1, 0.15) is 44.9 Å². The highest BCUT2D eigenvalue weighted by Gasteiger charge is 2.44. The Labute approximate surface area is 115 Å². The van der Waals surface area contributed by atoms with Crippen molar-refractivity contribution in [2.45, 2.75) is 69.1 Å². The summed E-state index contributed by atoms with van der Waals surface area (Å²) < 4.78 is 0. The lowest BCUT2D eigenvalue weighted by atomic mass is 9.88. The Bertz CT molecular complexity index is 372. The molecule has 0 saturated carbocycles. The molecular formula is C15H25N3O.